The van der Waals surface area contributed by atoms with Gasteiger partial charge in [-0.2, -0.15) is 0 Å². The van der Waals surface area contributed by atoms with Gasteiger partial charge in [0.05, 0.1) is 18.2 Å². The van der Waals surface area contributed by atoms with Gasteiger partial charge in [-0.15, -0.1) is 0 Å². The van der Waals surface area contributed by atoms with Gasteiger partial charge < -0.3 is 25.6 Å². The Morgan fingerprint density at radius 1 is 1.14 bits per heavy atom. The number of fused-ring (bicyclic) bond motifs is 2. The molecule has 4 rings (SSSR count). The van der Waals surface area contributed by atoms with Crippen molar-refractivity contribution in [2.24, 2.45) is 0 Å². The summed E-state index contributed by atoms with van der Waals surface area (Å²) in [6.45, 7) is 4.21. The molecular weight excluding hydrogens is 463 g/mol. The zero-order valence-electron chi connectivity index (χ0n) is 21.5. The van der Waals surface area contributed by atoms with Crippen LogP contribution in [0.2, 0.25) is 0 Å². The van der Waals surface area contributed by atoms with Gasteiger partial charge in [-0.3, -0.25) is 14.4 Å². The molecule has 36 heavy (non-hydrogen) atoms. The number of aryl methyl sites for hydroxylation is 1. The average Bonchev–Trinajstić information content (AvgIpc) is 3.28. The van der Waals surface area contributed by atoms with Gasteiger partial charge in [0.15, 0.2) is 0 Å². The number of rotatable bonds is 7. The Hall–Kier alpha value is -2.52. The minimum Gasteiger partial charge on any atom is -0.378 e. The fraction of sp³-hybridized carbons (Fsp3) is 0.667. The Labute approximate surface area is 212 Å². The van der Waals surface area contributed by atoms with Gasteiger partial charge in [0, 0.05) is 19.1 Å². The zero-order valence-corrected chi connectivity index (χ0v) is 21.5. The molecule has 2 heterocycles. The molecule has 3 amide bonds. The van der Waals surface area contributed by atoms with Gasteiger partial charge in [0.1, 0.15) is 17.9 Å². The van der Waals surface area contributed by atoms with E-state index in [-0.39, 0.29) is 41.7 Å². The van der Waals surface area contributed by atoms with Crippen LogP contribution in [-0.4, -0.2) is 66.5 Å². The second-order valence-corrected chi connectivity index (χ2v) is 10.3. The second kappa shape index (κ2) is 11.7. The highest BCUT2D eigenvalue weighted by Gasteiger charge is 2.45. The Morgan fingerprint density at radius 2 is 1.92 bits per heavy atom. The van der Waals surface area contributed by atoms with E-state index in [1.54, 1.807) is 31.0 Å². The highest BCUT2D eigenvalue weighted by molar-refractivity contribution is 5.94. The van der Waals surface area contributed by atoms with Crippen molar-refractivity contribution < 1.29 is 23.5 Å². The summed E-state index contributed by atoms with van der Waals surface area (Å²) in [5.41, 5.74) is 1.89. The van der Waals surface area contributed by atoms with Crippen LogP contribution in [-0.2, 0) is 25.5 Å². The molecule has 198 valence electrons. The number of nitrogens with one attached hydrogen (secondary N) is 3. The molecule has 0 spiro atoms. The second-order valence-electron chi connectivity index (χ2n) is 10.3. The number of carbonyl (C=O) groups is 3. The summed E-state index contributed by atoms with van der Waals surface area (Å²) in [7, 11) is 1.70. The first-order chi connectivity index (χ1) is 17.3. The smallest absolute Gasteiger partial charge is 0.246 e. The number of hydrogen-bond acceptors (Lipinski definition) is 5. The van der Waals surface area contributed by atoms with Crippen LogP contribution in [0.5, 0.6) is 0 Å². The van der Waals surface area contributed by atoms with E-state index in [0.29, 0.717) is 19.4 Å². The van der Waals surface area contributed by atoms with Gasteiger partial charge in [0.2, 0.25) is 17.7 Å². The molecule has 2 saturated heterocycles. The van der Waals surface area contributed by atoms with Crippen molar-refractivity contribution in [1.29, 1.82) is 0 Å². The largest absolute Gasteiger partial charge is 0.378 e. The molecule has 0 unspecified atom stereocenters. The average molecular weight is 503 g/mol. The van der Waals surface area contributed by atoms with Crippen LogP contribution < -0.4 is 16.0 Å². The van der Waals surface area contributed by atoms with E-state index in [1.165, 1.54) is 6.07 Å². The number of halogens is 1. The summed E-state index contributed by atoms with van der Waals surface area (Å²) < 4.78 is 19.6. The first kappa shape index (κ1) is 26.5. The van der Waals surface area contributed by atoms with Crippen molar-refractivity contribution in [2.75, 3.05) is 13.7 Å². The Kier molecular flexibility index (Phi) is 8.62. The van der Waals surface area contributed by atoms with E-state index in [9.17, 15) is 18.8 Å². The predicted molar refractivity (Wildman–Crippen MR) is 134 cm³/mol. The lowest BCUT2D eigenvalue weighted by Gasteiger charge is -2.38. The maximum absolute atomic E-state index is 13.8. The summed E-state index contributed by atoms with van der Waals surface area (Å²) in [5, 5.41) is 8.98. The molecule has 2 fully saturated rings. The summed E-state index contributed by atoms with van der Waals surface area (Å²) in [6, 6.07) is 2.71. The fourth-order valence-electron chi connectivity index (χ4n) is 5.93. The molecule has 0 bridgehead atoms. The normalized spacial score (nSPS) is 28.9. The van der Waals surface area contributed by atoms with Gasteiger partial charge in [0.25, 0.3) is 0 Å². The van der Waals surface area contributed by atoms with Crippen molar-refractivity contribution in [3.05, 3.63) is 35.1 Å². The Bertz CT molecular complexity index is 973. The maximum Gasteiger partial charge on any atom is 0.246 e. The molecule has 9 heteroatoms. The molecule has 6 atom stereocenters. The minimum atomic E-state index is -0.751. The third-order valence-electron chi connectivity index (χ3n) is 7.96. The molecule has 1 aliphatic carbocycles. The maximum atomic E-state index is 13.8. The summed E-state index contributed by atoms with van der Waals surface area (Å²) >= 11 is 0. The molecule has 1 aromatic carbocycles. The third-order valence-corrected chi connectivity index (χ3v) is 7.96. The molecule has 2 aliphatic heterocycles. The van der Waals surface area contributed by atoms with Crippen LogP contribution in [0.15, 0.2) is 18.2 Å². The van der Waals surface area contributed by atoms with Crippen molar-refractivity contribution in [1.82, 2.24) is 20.9 Å². The van der Waals surface area contributed by atoms with E-state index in [0.717, 1.165) is 49.7 Å². The Balaban J connectivity index is 1.53. The van der Waals surface area contributed by atoms with Crippen molar-refractivity contribution >= 4 is 17.7 Å². The highest BCUT2D eigenvalue weighted by atomic mass is 19.1. The molecule has 3 N–H and O–H groups in total. The Morgan fingerprint density at radius 3 is 2.67 bits per heavy atom. The van der Waals surface area contributed by atoms with Gasteiger partial charge in [-0.05, 0) is 89.1 Å². The third kappa shape index (κ3) is 5.72. The van der Waals surface area contributed by atoms with Crippen LogP contribution >= 0.6 is 0 Å². The van der Waals surface area contributed by atoms with E-state index in [1.807, 2.05) is 6.92 Å². The van der Waals surface area contributed by atoms with Crippen LogP contribution in [0.1, 0.15) is 76.0 Å². The summed E-state index contributed by atoms with van der Waals surface area (Å²) in [4.78, 5) is 41.8. The summed E-state index contributed by atoms with van der Waals surface area (Å²) in [6.07, 6.45) is 5.56. The lowest BCUT2D eigenvalue weighted by atomic mass is 9.87. The molecule has 8 nitrogen and oxygen atoms in total. The van der Waals surface area contributed by atoms with Crippen LogP contribution in [0.4, 0.5) is 4.39 Å². The van der Waals surface area contributed by atoms with Crippen molar-refractivity contribution in [3.63, 3.8) is 0 Å². The van der Waals surface area contributed by atoms with Crippen molar-refractivity contribution in [3.8, 4) is 0 Å². The zero-order chi connectivity index (χ0) is 25.8. The monoisotopic (exact) mass is 502 g/mol. The lowest BCUT2D eigenvalue weighted by molar-refractivity contribution is -0.146. The van der Waals surface area contributed by atoms with E-state index in [2.05, 4.69) is 16.0 Å². The number of amides is 3. The van der Waals surface area contributed by atoms with Crippen LogP contribution in [0.3, 0.4) is 0 Å². The van der Waals surface area contributed by atoms with E-state index < -0.39 is 18.1 Å². The number of carbonyl (C=O) groups excluding carboxylic acids is 3. The fourth-order valence-corrected chi connectivity index (χ4v) is 5.93. The van der Waals surface area contributed by atoms with Crippen molar-refractivity contribution in [2.45, 2.75) is 102 Å². The summed E-state index contributed by atoms with van der Waals surface area (Å²) in [5.74, 6) is -0.917. The van der Waals surface area contributed by atoms with Gasteiger partial charge in [-0.25, -0.2) is 4.39 Å². The first-order valence-electron chi connectivity index (χ1n) is 13.3. The standard InChI is InChI=1S/C27H39FN4O4/c1-4-36-20-11-9-19-10-13-24(32(19)27(35)23(15-20)31-25(33)16(2)29-3)26(34)30-22-7-5-6-17-14-18(28)8-12-21(17)22/h8,12,14,16,19-20,22-24,29H,4-7,9-11,13,15H2,1-3H3,(H,30,34)(H,31,33)/t16-,19-,20+,22+,23-,24-/m0/s1. The number of likely N-dealkylation sites (N-methyl/N-ethyl adjacent to an activating group) is 1. The number of ether oxygens (including phenoxy) is 1. The van der Waals surface area contributed by atoms with Gasteiger partial charge >= 0.3 is 0 Å². The molecule has 1 aromatic rings. The molecular formula is C27H39FN4O4. The number of hydrogen-bond donors (Lipinski definition) is 3. The molecule has 3 aliphatic rings. The molecule has 0 aromatic heterocycles. The van der Waals surface area contributed by atoms with Crippen LogP contribution in [0.25, 0.3) is 0 Å². The first-order valence-corrected chi connectivity index (χ1v) is 13.3. The van der Waals surface area contributed by atoms with E-state index >= 15 is 0 Å². The molecule has 0 radical (unpaired) electrons. The minimum absolute atomic E-state index is 0.0645. The van der Waals surface area contributed by atoms with Gasteiger partial charge in [-0.1, -0.05) is 6.07 Å². The predicted octanol–water partition coefficient (Wildman–Crippen LogP) is 2.36. The van der Waals surface area contributed by atoms with Crippen LogP contribution in [0, 0.1) is 5.82 Å². The lowest BCUT2D eigenvalue weighted by Crippen LogP contribution is -2.59. The van der Waals surface area contributed by atoms with E-state index in [4.69, 9.17) is 4.74 Å². The SMILES string of the molecule is CCO[C@@H]1CC[C@H]2CC[C@@H](C(=O)N[C@@H]3CCCc4cc(F)ccc43)N2C(=O)[C@@H](NC(=O)[C@H](C)NC)C1. The number of nitrogens with zero attached hydrogens (tertiary/aromatic N) is 1. The quantitative estimate of drug-likeness (QED) is 0.532. The highest BCUT2D eigenvalue weighted by Crippen LogP contribution is 2.34. The number of benzene rings is 1. The topological polar surface area (TPSA) is 99.8 Å². The molecule has 0 saturated carbocycles.